The molecule has 4 nitrogen and oxygen atoms in total. The fourth-order valence-electron chi connectivity index (χ4n) is 3.58. The Bertz CT molecular complexity index is 1140. The van der Waals surface area contributed by atoms with Gasteiger partial charge in [-0.25, -0.2) is 9.37 Å². The summed E-state index contributed by atoms with van der Waals surface area (Å²) < 4.78 is 54.1. The minimum absolute atomic E-state index is 0.144. The van der Waals surface area contributed by atoms with E-state index in [1.807, 2.05) is 0 Å². The maximum absolute atomic E-state index is 14.2. The van der Waals surface area contributed by atoms with Crippen LogP contribution in [0.1, 0.15) is 22.4 Å². The topological polar surface area (TPSA) is 49.0 Å². The SMILES string of the molecule is O=c1[nH]c(-c2ccc(Cl)cc2)nc2c1CCN(Cc1c(F)cccc1C(F)(F)F)C2. The van der Waals surface area contributed by atoms with E-state index in [1.165, 1.54) is 0 Å². The molecule has 0 amide bonds. The van der Waals surface area contributed by atoms with Crippen LogP contribution < -0.4 is 5.56 Å². The van der Waals surface area contributed by atoms with Gasteiger partial charge in [-0.15, -0.1) is 0 Å². The molecule has 9 heteroatoms. The first-order valence-corrected chi connectivity index (χ1v) is 9.55. The number of nitrogens with zero attached hydrogens (tertiary/aromatic N) is 2. The van der Waals surface area contributed by atoms with E-state index in [-0.39, 0.29) is 18.6 Å². The van der Waals surface area contributed by atoms with Gasteiger partial charge in [0.25, 0.3) is 5.56 Å². The van der Waals surface area contributed by atoms with Gasteiger partial charge in [-0.3, -0.25) is 9.69 Å². The molecule has 0 saturated carbocycles. The summed E-state index contributed by atoms with van der Waals surface area (Å²) >= 11 is 5.89. The molecule has 2 heterocycles. The van der Waals surface area contributed by atoms with Crippen LogP contribution in [0.3, 0.4) is 0 Å². The van der Waals surface area contributed by atoms with E-state index in [0.29, 0.717) is 40.6 Å². The molecule has 156 valence electrons. The Kier molecular flexibility index (Phi) is 5.38. The highest BCUT2D eigenvalue weighted by atomic mass is 35.5. The zero-order chi connectivity index (χ0) is 21.5. The van der Waals surface area contributed by atoms with E-state index in [2.05, 4.69) is 9.97 Å². The molecule has 0 radical (unpaired) electrons. The van der Waals surface area contributed by atoms with Gasteiger partial charge in [-0.1, -0.05) is 17.7 Å². The van der Waals surface area contributed by atoms with Crippen molar-refractivity contribution in [2.24, 2.45) is 0 Å². The lowest BCUT2D eigenvalue weighted by molar-refractivity contribution is -0.138. The average molecular weight is 438 g/mol. The van der Waals surface area contributed by atoms with Gasteiger partial charge in [-0.05, 0) is 42.8 Å². The van der Waals surface area contributed by atoms with Gasteiger partial charge in [0.05, 0.1) is 11.3 Å². The number of H-pyrrole nitrogens is 1. The summed E-state index contributed by atoms with van der Waals surface area (Å²) in [4.78, 5) is 21.4. The maximum atomic E-state index is 14.2. The van der Waals surface area contributed by atoms with E-state index in [4.69, 9.17) is 11.6 Å². The van der Waals surface area contributed by atoms with E-state index < -0.39 is 23.1 Å². The molecule has 3 aromatic rings. The largest absolute Gasteiger partial charge is 0.416 e. The third-order valence-corrected chi connectivity index (χ3v) is 5.33. The number of rotatable bonds is 3. The highest BCUT2D eigenvalue weighted by molar-refractivity contribution is 6.30. The molecular weight excluding hydrogens is 422 g/mol. The van der Waals surface area contributed by atoms with Gasteiger partial charge in [0.15, 0.2) is 0 Å². The van der Waals surface area contributed by atoms with Crippen LogP contribution in [0.4, 0.5) is 17.6 Å². The fraction of sp³-hybridized carbons (Fsp3) is 0.238. The van der Waals surface area contributed by atoms with Crippen molar-refractivity contribution in [1.82, 2.24) is 14.9 Å². The second-order valence-corrected chi connectivity index (χ2v) is 7.51. The zero-order valence-electron chi connectivity index (χ0n) is 15.6. The molecule has 0 bridgehead atoms. The monoisotopic (exact) mass is 437 g/mol. The quantitative estimate of drug-likeness (QED) is 0.598. The molecule has 0 unspecified atom stereocenters. The molecule has 2 aromatic carbocycles. The summed E-state index contributed by atoms with van der Waals surface area (Å²) in [6, 6.07) is 9.69. The second-order valence-electron chi connectivity index (χ2n) is 7.07. The molecule has 1 aromatic heterocycles. The average Bonchev–Trinajstić information content (AvgIpc) is 2.69. The molecule has 1 N–H and O–H groups in total. The first-order valence-electron chi connectivity index (χ1n) is 9.17. The number of fused-ring (bicyclic) bond motifs is 1. The predicted octanol–water partition coefficient (Wildman–Crippen LogP) is 4.81. The summed E-state index contributed by atoms with van der Waals surface area (Å²) in [6.07, 6.45) is -4.34. The molecule has 1 aliphatic rings. The van der Waals surface area contributed by atoms with Crippen LogP contribution in [-0.4, -0.2) is 21.4 Å². The van der Waals surface area contributed by atoms with E-state index in [1.54, 1.807) is 29.2 Å². The maximum Gasteiger partial charge on any atom is 0.416 e. The highest BCUT2D eigenvalue weighted by Gasteiger charge is 2.35. The second kappa shape index (κ2) is 7.85. The van der Waals surface area contributed by atoms with Crippen LogP contribution in [0.5, 0.6) is 0 Å². The number of hydrogen-bond donors (Lipinski definition) is 1. The van der Waals surface area contributed by atoms with E-state index >= 15 is 0 Å². The Morgan fingerprint density at radius 2 is 1.87 bits per heavy atom. The first kappa shape index (κ1) is 20.6. The summed E-state index contributed by atoms with van der Waals surface area (Å²) in [6.45, 7) is 0.237. The molecule has 0 spiro atoms. The zero-order valence-corrected chi connectivity index (χ0v) is 16.3. The van der Waals surface area contributed by atoms with Gasteiger partial charge >= 0.3 is 6.18 Å². The number of benzene rings is 2. The van der Waals surface area contributed by atoms with Gasteiger partial charge in [-0.2, -0.15) is 13.2 Å². The minimum atomic E-state index is -4.65. The molecular formula is C21H16ClF4N3O. The number of aromatic amines is 1. The lowest BCUT2D eigenvalue weighted by Crippen LogP contribution is -2.35. The highest BCUT2D eigenvalue weighted by Crippen LogP contribution is 2.34. The first-order chi connectivity index (χ1) is 14.2. The molecule has 0 aliphatic carbocycles. The van der Waals surface area contributed by atoms with Crippen LogP contribution in [0.15, 0.2) is 47.3 Å². The molecule has 0 fully saturated rings. The lowest BCUT2D eigenvalue weighted by Gasteiger charge is -2.28. The third-order valence-electron chi connectivity index (χ3n) is 5.08. The Balaban J connectivity index is 1.64. The van der Waals surface area contributed by atoms with Crippen LogP contribution in [0, 0.1) is 5.82 Å². The normalized spacial score (nSPS) is 14.6. The van der Waals surface area contributed by atoms with Gasteiger partial charge < -0.3 is 4.98 Å². The summed E-state index contributed by atoms with van der Waals surface area (Å²) in [5, 5.41) is 0.538. The molecule has 1 aliphatic heterocycles. The van der Waals surface area contributed by atoms with Gasteiger partial charge in [0, 0.05) is 41.3 Å². The van der Waals surface area contributed by atoms with Crippen molar-refractivity contribution in [2.45, 2.75) is 25.7 Å². The third kappa shape index (κ3) is 4.11. The number of aromatic nitrogens is 2. The number of halogens is 5. The van der Waals surface area contributed by atoms with Crippen molar-refractivity contribution in [2.75, 3.05) is 6.54 Å². The smallest absolute Gasteiger partial charge is 0.306 e. The minimum Gasteiger partial charge on any atom is -0.306 e. The summed E-state index contributed by atoms with van der Waals surface area (Å²) in [7, 11) is 0. The van der Waals surface area contributed by atoms with Crippen molar-refractivity contribution < 1.29 is 17.6 Å². The molecule has 0 atom stereocenters. The van der Waals surface area contributed by atoms with Crippen LogP contribution in [0.25, 0.3) is 11.4 Å². The van der Waals surface area contributed by atoms with E-state index in [9.17, 15) is 22.4 Å². The van der Waals surface area contributed by atoms with Crippen LogP contribution in [-0.2, 0) is 25.7 Å². The Morgan fingerprint density at radius 3 is 2.57 bits per heavy atom. The Labute approximate surface area is 174 Å². The number of hydrogen-bond acceptors (Lipinski definition) is 3. The van der Waals surface area contributed by atoms with Crippen LogP contribution >= 0.6 is 11.6 Å². The number of alkyl halides is 3. The molecule has 4 rings (SSSR count). The summed E-state index contributed by atoms with van der Waals surface area (Å²) in [5.41, 5.74) is -0.0602. The van der Waals surface area contributed by atoms with Crippen molar-refractivity contribution in [3.63, 3.8) is 0 Å². The Morgan fingerprint density at radius 1 is 1.13 bits per heavy atom. The predicted molar refractivity (Wildman–Crippen MR) is 105 cm³/mol. The van der Waals surface area contributed by atoms with Gasteiger partial charge in [0.2, 0.25) is 0 Å². The molecule has 30 heavy (non-hydrogen) atoms. The van der Waals surface area contributed by atoms with Crippen molar-refractivity contribution in [3.05, 3.63) is 86.0 Å². The standard InChI is InChI=1S/C21H16ClF4N3O/c22-13-6-4-12(5-7-13)19-27-18-11-29(9-8-14(18)20(30)28-19)10-15-16(21(24,25)26)2-1-3-17(15)23/h1-7H,8-11H2,(H,27,28,30). The van der Waals surface area contributed by atoms with Crippen molar-refractivity contribution in [1.29, 1.82) is 0 Å². The summed E-state index contributed by atoms with van der Waals surface area (Å²) in [5.74, 6) is -0.560. The van der Waals surface area contributed by atoms with Crippen molar-refractivity contribution >= 4 is 11.6 Å². The van der Waals surface area contributed by atoms with Crippen LogP contribution in [0.2, 0.25) is 5.02 Å². The van der Waals surface area contributed by atoms with Crippen molar-refractivity contribution in [3.8, 4) is 11.4 Å². The van der Waals surface area contributed by atoms with E-state index in [0.717, 1.165) is 18.2 Å². The van der Waals surface area contributed by atoms with Gasteiger partial charge in [0.1, 0.15) is 11.6 Å². The Hall–Kier alpha value is -2.71. The number of nitrogens with one attached hydrogen (secondary N) is 1. The lowest BCUT2D eigenvalue weighted by atomic mass is 10.0. The molecule has 0 saturated heterocycles. The fourth-order valence-corrected chi connectivity index (χ4v) is 3.71.